The van der Waals surface area contributed by atoms with Crippen molar-refractivity contribution >= 4 is 29.6 Å². The number of hydrogen-bond acceptors (Lipinski definition) is 9. The molecule has 1 saturated carbocycles. The Bertz CT molecular complexity index is 1520. The molecule has 1 aliphatic heterocycles. The van der Waals surface area contributed by atoms with Crippen molar-refractivity contribution in [3.05, 3.63) is 72.1 Å². The Morgan fingerprint density at radius 3 is 2.41 bits per heavy atom. The van der Waals surface area contributed by atoms with Crippen LogP contribution in [0.25, 0.3) is 0 Å². The third kappa shape index (κ3) is 12.3. The van der Waals surface area contributed by atoms with Gasteiger partial charge in [-0.2, -0.15) is 0 Å². The lowest BCUT2D eigenvalue weighted by atomic mass is 9.83. The van der Waals surface area contributed by atoms with Crippen LogP contribution in [0.3, 0.4) is 0 Å². The van der Waals surface area contributed by atoms with Crippen LogP contribution in [0.15, 0.2) is 60.3 Å². The minimum atomic E-state index is -0.989. The number of H-pyrrole nitrogens is 1. The average Bonchev–Trinajstić information content (AvgIpc) is 3.65. The summed E-state index contributed by atoms with van der Waals surface area (Å²) in [5.74, 6) is 0.100. The predicted molar refractivity (Wildman–Crippen MR) is 197 cm³/mol. The van der Waals surface area contributed by atoms with E-state index in [0.717, 1.165) is 36.9 Å². The highest BCUT2D eigenvalue weighted by molar-refractivity contribution is 7.99. The maximum Gasteiger partial charge on any atom is 0.318 e. The molecule has 0 spiro atoms. The molecule has 2 aromatic heterocycles. The van der Waals surface area contributed by atoms with Crippen LogP contribution in [0.5, 0.6) is 0 Å². The highest BCUT2D eigenvalue weighted by Gasteiger charge is 2.33. The van der Waals surface area contributed by atoms with E-state index in [1.807, 2.05) is 43.3 Å². The van der Waals surface area contributed by atoms with Gasteiger partial charge in [-0.3, -0.25) is 9.59 Å². The molecule has 0 bridgehead atoms. The molecule has 2 fully saturated rings. The molecule has 1 aromatic carbocycles. The summed E-state index contributed by atoms with van der Waals surface area (Å²) in [6.07, 6.45) is 12.5. The van der Waals surface area contributed by atoms with E-state index in [2.05, 4.69) is 35.9 Å². The number of thioether (sulfide) groups is 1. The van der Waals surface area contributed by atoms with Crippen molar-refractivity contribution in [2.24, 2.45) is 11.7 Å². The number of nitrogens with zero attached hydrogens (tertiary/aromatic N) is 4. The number of nitrogens with one attached hydrogen (secondary N) is 4. The monoisotopic (exact) mass is 719 g/mol. The smallest absolute Gasteiger partial charge is 0.318 e. The number of imidazole rings is 1. The van der Waals surface area contributed by atoms with Crippen molar-refractivity contribution in [1.29, 1.82) is 0 Å². The number of rotatable bonds is 16. The summed E-state index contributed by atoms with van der Waals surface area (Å²) in [5, 5.41) is 21.2. The van der Waals surface area contributed by atoms with Gasteiger partial charge in [-0.15, -0.1) is 0 Å². The molecule has 14 heteroatoms. The van der Waals surface area contributed by atoms with E-state index in [1.54, 1.807) is 17.3 Å². The van der Waals surface area contributed by atoms with Gasteiger partial charge in [0.2, 0.25) is 11.8 Å². The van der Waals surface area contributed by atoms with E-state index >= 15 is 0 Å². The third-order valence-electron chi connectivity index (χ3n) is 9.86. The maximum atomic E-state index is 14.2. The van der Waals surface area contributed by atoms with E-state index in [0.29, 0.717) is 61.3 Å². The Hall–Kier alpha value is -4.01. The molecule has 7 N–H and O–H groups in total. The Morgan fingerprint density at radius 1 is 0.980 bits per heavy atom. The van der Waals surface area contributed by atoms with E-state index in [1.165, 1.54) is 24.5 Å². The van der Waals surface area contributed by atoms with Gasteiger partial charge in [0.1, 0.15) is 12.1 Å². The van der Waals surface area contributed by atoms with Gasteiger partial charge < -0.3 is 36.7 Å². The molecular weight excluding hydrogens is 667 g/mol. The lowest BCUT2D eigenvalue weighted by Crippen LogP contribution is -2.59. The van der Waals surface area contributed by atoms with E-state index in [-0.39, 0.29) is 24.9 Å². The zero-order chi connectivity index (χ0) is 36.0. The van der Waals surface area contributed by atoms with Crippen LogP contribution in [-0.4, -0.2) is 96.9 Å². The first-order valence-corrected chi connectivity index (χ1v) is 19.3. The van der Waals surface area contributed by atoms with Crippen LogP contribution in [0.2, 0.25) is 0 Å². The first kappa shape index (κ1) is 38.2. The summed E-state index contributed by atoms with van der Waals surface area (Å²) in [6.45, 7) is 2.94. The Labute approximate surface area is 304 Å². The number of aryl methyl sites for hydroxylation is 1. The molecule has 2 aliphatic rings. The van der Waals surface area contributed by atoms with Crippen molar-refractivity contribution in [3.8, 4) is 0 Å². The molecule has 51 heavy (non-hydrogen) atoms. The Kier molecular flexibility index (Phi) is 14.7. The van der Waals surface area contributed by atoms with Gasteiger partial charge >= 0.3 is 6.03 Å². The van der Waals surface area contributed by atoms with E-state index in [4.69, 9.17) is 5.73 Å². The number of carbonyl (C=O) groups excluding carboxylic acids is 3. The van der Waals surface area contributed by atoms with Crippen LogP contribution in [-0.2, 0) is 22.4 Å². The minimum Gasteiger partial charge on any atom is -0.391 e. The van der Waals surface area contributed by atoms with Crippen molar-refractivity contribution in [3.63, 3.8) is 0 Å². The number of benzene rings is 1. The summed E-state index contributed by atoms with van der Waals surface area (Å²) >= 11 is 1.47. The van der Waals surface area contributed by atoms with Gasteiger partial charge in [0.05, 0.1) is 18.5 Å². The standard InChI is InChI=1S/C37H53N9O4S/c1-25-12-16-40-36(42-25)51-19-15-33(47)30(20-26-8-4-2-5-9-26)43-35(49)32(22-29-23-39-24-41-29)44-34(48)31(21-27-10-6-3-7-11-27)45-37(50)46-17-13-28(38)14-18-46/h3,6-7,10-12,16,23-24,26,28,30-33,47H,2,4-5,8-9,13-15,17-22,38H2,1H3,(H,39,41)(H,43,49)(H,44,48)(H,45,50)/t30-,31-,32-,33-/m0/s1. The average molecular weight is 720 g/mol. The number of aromatic nitrogens is 4. The van der Waals surface area contributed by atoms with Crippen LogP contribution in [0.1, 0.15) is 74.7 Å². The van der Waals surface area contributed by atoms with Crippen LogP contribution >= 0.6 is 11.8 Å². The lowest BCUT2D eigenvalue weighted by molar-refractivity contribution is -0.130. The predicted octanol–water partition coefficient (Wildman–Crippen LogP) is 3.28. The second-order valence-corrected chi connectivity index (χ2v) is 15.0. The number of aliphatic hydroxyl groups is 1. The number of piperidine rings is 1. The molecule has 276 valence electrons. The molecule has 1 aliphatic carbocycles. The second kappa shape index (κ2) is 19.6. The Balaban J connectivity index is 1.30. The number of urea groups is 1. The minimum absolute atomic E-state index is 0.0561. The zero-order valence-electron chi connectivity index (χ0n) is 29.5. The molecule has 5 rings (SSSR count). The molecule has 3 heterocycles. The summed E-state index contributed by atoms with van der Waals surface area (Å²) in [5.41, 5.74) is 8.48. The molecule has 3 aromatic rings. The SMILES string of the molecule is Cc1ccnc(SCC[C@H](O)[C@H](CC2CCCCC2)NC(=O)[C@H](Cc2cnc[nH]2)NC(=O)[C@H](Cc2ccccc2)NC(=O)N2CCC(N)CC2)n1. The third-order valence-corrected chi connectivity index (χ3v) is 10.8. The fourth-order valence-electron chi connectivity index (χ4n) is 6.84. The van der Waals surface area contributed by atoms with E-state index < -0.39 is 36.0 Å². The molecule has 1 saturated heterocycles. The highest BCUT2D eigenvalue weighted by Crippen LogP contribution is 2.29. The van der Waals surface area contributed by atoms with Crippen molar-refractivity contribution in [2.45, 2.75) is 113 Å². The number of carbonyl (C=O) groups is 3. The van der Waals surface area contributed by atoms with Gasteiger partial charge in [0.25, 0.3) is 0 Å². The summed E-state index contributed by atoms with van der Waals surface area (Å²) in [6, 6.07) is 8.61. The van der Waals surface area contributed by atoms with Gasteiger partial charge in [0, 0.05) is 61.5 Å². The van der Waals surface area contributed by atoms with Gasteiger partial charge in [-0.05, 0) is 50.2 Å². The van der Waals surface area contributed by atoms with Crippen molar-refractivity contribution < 1.29 is 19.5 Å². The highest BCUT2D eigenvalue weighted by atomic mass is 32.2. The lowest BCUT2D eigenvalue weighted by Gasteiger charge is -2.33. The number of nitrogens with two attached hydrogens (primary N) is 1. The quantitative estimate of drug-likeness (QED) is 0.0953. The van der Waals surface area contributed by atoms with Crippen LogP contribution < -0.4 is 21.7 Å². The molecular formula is C37H53N9O4S. The summed E-state index contributed by atoms with van der Waals surface area (Å²) in [7, 11) is 0. The number of aliphatic hydroxyl groups excluding tert-OH is 1. The van der Waals surface area contributed by atoms with Gasteiger partial charge in [-0.1, -0.05) is 74.2 Å². The van der Waals surface area contributed by atoms with Gasteiger partial charge in [-0.25, -0.2) is 19.7 Å². The number of hydrogen-bond donors (Lipinski definition) is 6. The second-order valence-electron chi connectivity index (χ2n) is 13.9. The number of amides is 4. The summed E-state index contributed by atoms with van der Waals surface area (Å²) < 4.78 is 0. The van der Waals surface area contributed by atoms with E-state index in [9.17, 15) is 19.5 Å². The molecule has 4 amide bonds. The first-order valence-electron chi connectivity index (χ1n) is 18.3. The summed E-state index contributed by atoms with van der Waals surface area (Å²) in [4.78, 5) is 59.2. The van der Waals surface area contributed by atoms with Gasteiger partial charge in [0.15, 0.2) is 5.16 Å². The number of likely N-dealkylation sites (tertiary alicyclic amines) is 1. The van der Waals surface area contributed by atoms with Crippen LogP contribution in [0.4, 0.5) is 4.79 Å². The molecule has 0 unspecified atom stereocenters. The zero-order valence-corrected chi connectivity index (χ0v) is 30.3. The largest absolute Gasteiger partial charge is 0.391 e. The number of aromatic amines is 1. The Morgan fingerprint density at radius 2 is 1.71 bits per heavy atom. The fourth-order valence-corrected chi connectivity index (χ4v) is 7.73. The van der Waals surface area contributed by atoms with Crippen molar-refractivity contribution in [1.82, 2.24) is 40.8 Å². The van der Waals surface area contributed by atoms with Crippen molar-refractivity contribution in [2.75, 3.05) is 18.8 Å². The van der Waals surface area contributed by atoms with Crippen LogP contribution in [0, 0.1) is 12.8 Å². The maximum absolute atomic E-state index is 14.2. The molecule has 13 nitrogen and oxygen atoms in total. The molecule has 4 atom stereocenters. The normalized spacial score (nSPS) is 18.0. The fraction of sp³-hybridized carbons (Fsp3) is 0.568. The molecule has 0 radical (unpaired) electrons. The first-order chi connectivity index (χ1) is 24.7. The topological polar surface area (TPSA) is 191 Å².